The zero-order valence-corrected chi connectivity index (χ0v) is 26.2. The molecule has 0 radical (unpaired) electrons. The first-order valence-electron chi connectivity index (χ1n) is 14.8. The van der Waals surface area contributed by atoms with Gasteiger partial charge in [0.25, 0.3) is 0 Å². The summed E-state index contributed by atoms with van der Waals surface area (Å²) >= 11 is 3.77. The number of benzene rings is 2. The molecule has 41 heavy (non-hydrogen) atoms. The minimum atomic E-state index is -0.400. The second-order valence-corrected chi connectivity index (χ2v) is 12.1. The Labute approximate surface area is 251 Å². The number of carbonyl (C=O) groups excluding carboxylic acids is 2. The summed E-state index contributed by atoms with van der Waals surface area (Å²) in [5, 5.41) is 0. The van der Waals surface area contributed by atoms with E-state index in [9.17, 15) is 9.59 Å². The molecule has 0 saturated carbocycles. The summed E-state index contributed by atoms with van der Waals surface area (Å²) in [6.07, 6.45) is 5.20. The number of aryl methyl sites for hydroxylation is 2. The number of halogens is 1. The normalized spacial score (nSPS) is 17.6. The van der Waals surface area contributed by atoms with Crippen LogP contribution in [-0.4, -0.2) is 43.3 Å². The lowest BCUT2D eigenvalue weighted by molar-refractivity contribution is -0.117. The molecule has 1 heterocycles. The van der Waals surface area contributed by atoms with Gasteiger partial charge in [0.1, 0.15) is 6.61 Å². The zero-order valence-electron chi connectivity index (χ0n) is 24.6. The van der Waals surface area contributed by atoms with Crippen molar-refractivity contribution in [2.24, 2.45) is 0 Å². The van der Waals surface area contributed by atoms with Crippen molar-refractivity contribution < 1.29 is 23.8 Å². The monoisotopic (exact) mass is 621 g/mol. The second-order valence-electron chi connectivity index (χ2n) is 11.3. The Balaban J connectivity index is 1.58. The third-order valence-corrected chi connectivity index (χ3v) is 8.74. The van der Waals surface area contributed by atoms with Gasteiger partial charge in [-0.15, -0.1) is 0 Å². The number of methoxy groups -OCH3 is 1. The number of ketones is 2. The molecule has 6 nitrogen and oxygen atoms in total. The molecule has 7 heteroatoms. The van der Waals surface area contributed by atoms with Crippen LogP contribution in [0.1, 0.15) is 80.0 Å². The summed E-state index contributed by atoms with van der Waals surface area (Å²) in [5.41, 5.74) is 8.09. The molecule has 0 bridgehead atoms. The summed E-state index contributed by atoms with van der Waals surface area (Å²) in [4.78, 5) is 29.6. The van der Waals surface area contributed by atoms with Gasteiger partial charge in [0.2, 0.25) is 0 Å². The molecule has 2 aliphatic carbocycles. The van der Waals surface area contributed by atoms with E-state index in [-0.39, 0.29) is 11.6 Å². The van der Waals surface area contributed by atoms with Gasteiger partial charge in [0.15, 0.2) is 23.1 Å². The van der Waals surface area contributed by atoms with Crippen molar-refractivity contribution in [1.82, 2.24) is 4.90 Å². The van der Waals surface area contributed by atoms with E-state index in [1.807, 2.05) is 19.1 Å². The molecule has 0 saturated heterocycles. The zero-order chi connectivity index (χ0) is 29.1. The van der Waals surface area contributed by atoms with Gasteiger partial charge in [-0.1, -0.05) is 29.3 Å². The summed E-state index contributed by atoms with van der Waals surface area (Å²) in [6.45, 7) is 8.37. The Morgan fingerprint density at radius 3 is 2.10 bits per heavy atom. The second kappa shape index (κ2) is 13.0. The fourth-order valence-electron chi connectivity index (χ4n) is 6.65. The Morgan fingerprint density at radius 1 is 0.878 bits per heavy atom. The number of nitrogens with zero attached hydrogens (tertiary/aromatic N) is 1. The predicted octanol–water partition coefficient (Wildman–Crippen LogP) is 7.49. The number of Topliss-reactive ketones (excluding diaryl/α,β-unsaturated/α-hetero) is 2. The minimum absolute atomic E-state index is 0.141. The maximum Gasteiger partial charge on any atom is 0.175 e. The topological polar surface area (TPSA) is 65.1 Å². The van der Waals surface area contributed by atoms with Crippen molar-refractivity contribution in [2.75, 3.05) is 26.9 Å². The molecule has 0 aromatic heterocycles. The summed E-state index contributed by atoms with van der Waals surface area (Å²) in [7, 11) is 1.71. The van der Waals surface area contributed by atoms with Crippen LogP contribution in [0.2, 0.25) is 0 Å². The van der Waals surface area contributed by atoms with Crippen LogP contribution < -0.4 is 9.47 Å². The molecule has 0 spiro atoms. The molecular formula is C34H40BrNO5. The third-order valence-electron chi connectivity index (χ3n) is 8.15. The molecule has 0 N–H and O–H groups in total. The van der Waals surface area contributed by atoms with Gasteiger partial charge in [-0.25, -0.2) is 0 Å². The first kappa shape index (κ1) is 29.6. The predicted molar refractivity (Wildman–Crippen MR) is 163 cm³/mol. The fourth-order valence-corrected chi connectivity index (χ4v) is 7.23. The third kappa shape index (κ3) is 6.17. The quantitative estimate of drug-likeness (QED) is 0.256. The Bertz CT molecular complexity index is 1340. The molecule has 2 aromatic carbocycles. The van der Waals surface area contributed by atoms with Crippen LogP contribution in [0.4, 0.5) is 0 Å². The summed E-state index contributed by atoms with van der Waals surface area (Å²) in [5.74, 6) is 1.12. The van der Waals surface area contributed by atoms with Gasteiger partial charge in [0, 0.05) is 61.6 Å². The van der Waals surface area contributed by atoms with Gasteiger partial charge in [-0.3, -0.25) is 9.59 Å². The highest BCUT2D eigenvalue weighted by Gasteiger charge is 2.43. The fraction of sp³-hybridized carbons (Fsp3) is 0.471. The van der Waals surface area contributed by atoms with Gasteiger partial charge >= 0.3 is 0 Å². The number of ether oxygens (including phenoxy) is 3. The Hall–Kier alpha value is -2.90. The van der Waals surface area contributed by atoms with Gasteiger partial charge < -0.3 is 19.1 Å². The van der Waals surface area contributed by atoms with E-state index in [1.54, 1.807) is 7.11 Å². The van der Waals surface area contributed by atoms with Crippen molar-refractivity contribution >= 4 is 27.5 Å². The van der Waals surface area contributed by atoms with E-state index < -0.39 is 5.92 Å². The average molecular weight is 623 g/mol. The van der Waals surface area contributed by atoms with Crippen molar-refractivity contribution in [3.63, 3.8) is 0 Å². The van der Waals surface area contributed by atoms with Crippen LogP contribution in [0.5, 0.6) is 11.5 Å². The van der Waals surface area contributed by atoms with Crippen LogP contribution in [-0.2, 0) is 20.9 Å². The van der Waals surface area contributed by atoms with Crippen LogP contribution in [0.3, 0.4) is 0 Å². The highest BCUT2D eigenvalue weighted by atomic mass is 79.9. The number of hydrogen-bond donors (Lipinski definition) is 0. The standard InChI is InChI=1S/C34H40BrNO5/c1-5-40-30-19-24(18-25(35)34(30)41-20-23-16-21(2)15-22(3)17-23)31-32-26(9-6-11-28(32)37)36(13-8-14-39-4)27-10-7-12-29(38)33(27)31/h15-19,31H,5-14,20H2,1-4H3. The van der Waals surface area contributed by atoms with Crippen molar-refractivity contribution in [3.8, 4) is 11.5 Å². The number of hydrogen-bond acceptors (Lipinski definition) is 6. The molecule has 0 atom stereocenters. The van der Waals surface area contributed by atoms with E-state index in [0.29, 0.717) is 44.2 Å². The smallest absolute Gasteiger partial charge is 0.175 e. The molecule has 2 aromatic rings. The molecule has 1 aliphatic heterocycles. The molecule has 0 fully saturated rings. The van der Waals surface area contributed by atoms with Gasteiger partial charge in [-0.2, -0.15) is 0 Å². The van der Waals surface area contributed by atoms with Crippen molar-refractivity contribution in [3.05, 3.63) is 79.6 Å². The summed E-state index contributed by atoms with van der Waals surface area (Å²) < 4.78 is 18.5. The van der Waals surface area contributed by atoms with E-state index in [2.05, 4.69) is 52.9 Å². The van der Waals surface area contributed by atoms with Gasteiger partial charge in [0.05, 0.1) is 11.1 Å². The van der Waals surface area contributed by atoms with Crippen LogP contribution in [0.25, 0.3) is 0 Å². The minimum Gasteiger partial charge on any atom is -0.490 e. The molecular weight excluding hydrogens is 582 g/mol. The number of allylic oxidation sites excluding steroid dienone is 4. The van der Waals surface area contributed by atoms with Crippen LogP contribution >= 0.6 is 15.9 Å². The molecule has 5 rings (SSSR count). The van der Waals surface area contributed by atoms with E-state index in [1.165, 1.54) is 11.1 Å². The Kier molecular flexibility index (Phi) is 9.35. The lowest BCUT2D eigenvalue weighted by atomic mass is 9.71. The first-order valence-corrected chi connectivity index (χ1v) is 15.6. The first-order chi connectivity index (χ1) is 19.8. The van der Waals surface area contributed by atoms with Crippen LogP contribution in [0.15, 0.2) is 57.3 Å². The Morgan fingerprint density at radius 2 is 1.51 bits per heavy atom. The maximum absolute atomic E-state index is 13.6. The van der Waals surface area contributed by atoms with E-state index in [4.69, 9.17) is 14.2 Å². The molecule has 3 aliphatic rings. The highest BCUT2D eigenvalue weighted by molar-refractivity contribution is 9.10. The van der Waals surface area contributed by atoms with Gasteiger partial charge in [-0.05, 0) is 92.1 Å². The maximum atomic E-state index is 13.6. The van der Waals surface area contributed by atoms with E-state index in [0.717, 1.165) is 76.8 Å². The number of rotatable bonds is 10. The van der Waals surface area contributed by atoms with Crippen molar-refractivity contribution in [1.29, 1.82) is 0 Å². The molecule has 218 valence electrons. The molecule has 0 amide bonds. The molecule has 0 unspecified atom stereocenters. The highest BCUT2D eigenvalue weighted by Crippen LogP contribution is 2.51. The largest absolute Gasteiger partial charge is 0.490 e. The van der Waals surface area contributed by atoms with Crippen LogP contribution in [0, 0.1) is 13.8 Å². The lowest BCUT2D eigenvalue weighted by Crippen LogP contribution is -2.39. The van der Waals surface area contributed by atoms with Crippen molar-refractivity contribution in [2.45, 2.75) is 78.2 Å². The van der Waals surface area contributed by atoms with E-state index >= 15 is 0 Å². The average Bonchev–Trinajstić information content (AvgIpc) is 2.92. The number of carbonyl (C=O) groups is 2. The lowest BCUT2D eigenvalue weighted by Gasteiger charge is -2.44. The summed E-state index contributed by atoms with van der Waals surface area (Å²) in [6, 6.07) is 10.4. The SMILES string of the molecule is CCOc1cc(C2C3=C(CCCC3=O)N(CCCOC)C3=C2C(=O)CCC3)cc(Br)c1OCc1cc(C)cc(C)c1.